The van der Waals surface area contributed by atoms with Crippen molar-refractivity contribution in [2.75, 3.05) is 0 Å². The summed E-state index contributed by atoms with van der Waals surface area (Å²) in [4.78, 5) is 16.5. The van der Waals surface area contributed by atoms with Gasteiger partial charge in [0.15, 0.2) is 5.17 Å². The van der Waals surface area contributed by atoms with E-state index in [0.717, 1.165) is 4.88 Å². The number of amidine groups is 1. The minimum atomic E-state index is -0.256. The molecule has 0 spiro atoms. The van der Waals surface area contributed by atoms with Gasteiger partial charge in [-0.15, -0.1) is 11.3 Å². The van der Waals surface area contributed by atoms with E-state index >= 15 is 0 Å². The Morgan fingerprint density at radius 1 is 1.47 bits per heavy atom. The summed E-state index contributed by atoms with van der Waals surface area (Å²) in [7, 11) is 0. The van der Waals surface area contributed by atoms with Crippen molar-refractivity contribution in [3.63, 3.8) is 0 Å². The van der Waals surface area contributed by atoms with Crippen molar-refractivity contribution in [3.05, 3.63) is 39.4 Å². The SMILES string of the molecule is NC1=NC(=O)/C(=C/C=C/c2cccs2)S1. The number of thioether (sulfide) groups is 1. The highest BCUT2D eigenvalue weighted by atomic mass is 32.2. The van der Waals surface area contributed by atoms with Gasteiger partial charge in [-0.1, -0.05) is 12.1 Å². The van der Waals surface area contributed by atoms with Gasteiger partial charge >= 0.3 is 0 Å². The summed E-state index contributed by atoms with van der Waals surface area (Å²) in [6.45, 7) is 0. The largest absolute Gasteiger partial charge is 0.378 e. The minimum absolute atomic E-state index is 0.256. The number of carbonyl (C=O) groups is 1. The van der Waals surface area contributed by atoms with Crippen LogP contribution in [0, 0.1) is 0 Å². The van der Waals surface area contributed by atoms with Crippen LogP contribution >= 0.6 is 23.1 Å². The van der Waals surface area contributed by atoms with E-state index in [4.69, 9.17) is 5.73 Å². The van der Waals surface area contributed by atoms with Gasteiger partial charge < -0.3 is 5.73 Å². The fourth-order valence-electron chi connectivity index (χ4n) is 1.06. The van der Waals surface area contributed by atoms with Crippen LogP contribution in [0.5, 0.6) is 0 Å². The van der Waals surface area contributed by atoms with Crippen molar-refractivity contribution in [3.8, 4) is 0 Å². The molecule has 1 aliphatic rings. The first-order valence-corrected chi connectivity index (χ1v) is 5.93. The van der Waals surface area contributed by atoms with Crippen molar-refractivity contribution in [1.29, 1.82) is 0 Å². The average Bonchev–Trinajstić information content (AvgIpc) is 2.77. The molecule has 0 aliphatic carbocycles. The summed E-state index contributed by atoms with van der Waals surface area (Å²) in [5.74, 6) is -0.256. The van der Waals surface area contributed by atoms with Crippen LogP contribution in [-0.2, 0) is 4.79 Å². The molecule has 3 nitrogen and oxygen atoms in total. The van der Waals surface area contributed by atoms with E-state index in [1.165, 1.54) is 11.8 Å². The molecule has 0 saturated heterocycles. The molecule has 5 heteroatoms. The third kappa shape index (κ3) is 2.57. The van der Waals surface area contributed by atoms with Gasteiger partial charge in [0.05, 0.1) is 4.91 Å². The lowest BCUT2D eigenvalue weighted by molar-refractivity contribution is -0.113. The number of hydrogen-bond acceptors (Lipinski definition) is 4. The van der Waals surface area contributed by atoms with E-state index in [1.807, 2.05) is 29.7 Å². The lowest BCUT2D eigenvalue weighted by Crippen LogP contribution is -2.01. The predicted molar refractivity (Wildman–Crippen MR) is 65.7 cm³/mol. The Labute approximate surface area is 95.4 Å². The zero-order valence-electron chi connectivity index (χ0n) is 7.71. The van der Waals surface area contributed by atoms with E-state index in [2.05, 4.69) is 4.99 Å². The third-order valence-electron chi connectivity index (χ3n) is 1.69. The topological polar surface area (TPSA) is 55.4 Å². The van der Waals surface area contributed by atoms with Crippen LogP contribution in [0.15, 0.2) is 39.6 Å². The van der Waals surface area contributed by atoms with E-state index in [-0.39, 0.29) is 5.91 Å². The van der Waals surface area contributed by atoms with Crippen molar-refractivity contribution in [2.45, 2.75) is 0 Å². The first-order valence-electron chi connectivity index (χ1n) is 4.24. The Morgan fingerprint density at radius 2 is 2.33 bits per heavy atom. The van der Waals surface area contributed by atoms with Crippen LogP contribution in [-0.4, -0.2) is 11.1 Å². The Hall–Kier alpha value is -1.33. The second-order valence-corrected chi connectivity index (χ2v) is 4.80. The maximum atomic E-state index is 11.2. The molecule has 2 heterocycles. The molecule has 1 aromatic heterocycles. The van der Waals surface area contributed by atoms with Gasteiger partial charge in [-0.05, 0) is 35.4 Å². The van der Waals surface area contributed by atoms with Crippen molar-refractivity contribution in [2.24, 2.45) is 10.7 Å². The van der Waals surface area contributed by atoms with Crippen LogP contribution in [0.3, 0.4) is 0 Å². The predicted octanol–water partition coefficient (Wildman–Crippen LogP) is 2.23. The molecule has 1 aromatic rings. The standard InChI is InChI=1S/C10H8N2OS2/c11-10-12-9(13)8(15-10)5-1-3-7-4-2-6-14-7/h1-6H,(H2,11,12,13)/b3-1+,8-5-. The molecule has 0 fully saturated rings. The minimum Gasteiger partial charge on any atom is -0.378 e. The first kappa shape index (κ1) is 10.2. The molecule has 0 bridgehead atoms. The Kier molecular flexibility index (Phi) is 3.03. The van der Waals surface area contributed by atoms with Gasteiger partial charge in [0.2, 0.25) is 0 Å². The van der Waals surface area contributed by atoms with E-state index in [0.29, 0.717) is 10.1 Å². The van der Waals surface area contributed by atoms with Crippen LogP contribution in [0.1, 0.15) is 4.88 Å². The Balaban J connectivity index is 2.04. The lowest BCUT2D eigenvalue weighted by Gasteiger charge is -1.87. The van der Waals surface area contributed by atoms with Gasteiger partial charge in [0, 0.05) is 4.88 Å². The number of aliphatic imine (C=N–C) groups is 1. The van der Waals surface area contributed by atoms with Crippen LogP contribution < -0.4 is 5.73 Å². The lowest BCUT2D eigenvalue weighted by atomic mass is 10.4. The molecule has 76 valence electrons. The van der Waals surface area contributed by atoms with Gasteiger partial charge in [0.1, 0.15) is 0 Å². The summed E-state index contributed by atoms with van der Waals surface area (Å²) in [5.41, 5.74) is 5.41. The molecule has 2 rings (SSSR count). The number of carbonyl (C=O) groups excluding carboxylic acids is 1. The number of amides is 1. The number of thiophene rings is 1. The smallest absolute Gasteiger partial charge is 0.286 e. The molecule has 1 aliphatic heterocycles. The summed E-state index contributed by atoms with van der Waals surface area (Å²) >= 11 is 2.85. The van der Waals surface area contributed by atoms with E-state index in [1.54, 1.807) is 17.4 Å². The number of rotatable bonds is 2. The molecule has 0 aromatic carbocycles. The summed E-state index contributed by atoms with van der Waals surface area (Å²) < 4.78 is 0. The molecule has 0 unspecified atom stereocenters. The van der Waals surface area contributed by atoms with Gasteiger partial charge in [-0.2, -0.15) is 4.99 Å². The normalized spacial score (nSPS) is 19.1. The Bertz CT molecular complexity index is 458. The quantitative estimate of drug-likeness (QED) is 0.801. The highest BCUT2D eigenvalue weighted by Crippen LogP contribution is 2.24. The number of nitrogens with two attached hydrogens (primary N) is 1. The zero-order valence-corrected chi connectivity index (χ0v) is 9.35. The van der Waals surface area contributed by atoms with Crippen LogP contribution in [0.2, 0.25) is 0 Å². The maximum Gasteiger partial charge on any atom is 0.286 e. The number of allylic oxidation sites excluding steroid dienone is 2. The number of nitrogens with zero attached hydrogens (tertiary/aromatic N) is 1. The third-order valence-corrected chi connectivity index (χ3v) is 3.36. The molecule has 15 heavy (non-hydrogen) atoms. The second-order valence-electron chi connectivity index (χ2n) is 2.76. The molecular formula is C10H8N2OS2. The van der Waals surface area contributed by atoms with Crippen LogP contribution in [0.4, 0.5) is 0 Å². The van der Waals surface area contributed by atoms with E-state index in [9.17, 15) is 4.79 Å². The summed E-state index contributed by atoms with van der Waals surface area (Å²) in [6, 6.07) is 3.99. The van der Waals surface area contributed by atoms with Crippen LogP contribution in [0.25, 0.3) is 6.08 Å². The molecule has 0 saturated carbocycles. The highest BCUT2D eigenvalue weighted by Gasteiger charge is 2.18. The van der Waals surface area contributed by atoms with E-state index < -0.39 is 0 Å². The monoisotopic (exact) mass is 236 g/mol. The van der Waals surface area contributed by atoms with Crippen molar-refractivity contribution in [1.82, 2.24) is 0 Å². The second kappa shape index (κ2) is 4.46. The average molecular weight is 236 g/mol. The Morgan fingerprint density at radius 3 is 2.93 bits per heavy atom. The van der Waals surface area contributed by atoms with Gasteiger partial charge in [-0.3, -0.25) is 4.79 Å². The fourth-order valence-corrected chi connectivity index (χ4v) is 2.32. The fraction of sp³-hybridized carbons (Fsp3) is 0. The summed E-state index contributed by atoms with van der Waals surface area (Å²) in [5, 5.41) is 2.32. The van der Waals surface area contributed by atoms with Crippen molar-refractivity contribution < 1.29 is 4.79 Å². The molecule has 1 amide bonds. The molecular weight excluding hydrogens is 228 g/mol. The van der Waals surface area contributed by atoms with Gasteiger partial charge in [-0.25, -0.2) is 0 Å². The highest BCUT2D eigenvalue weighted by molar-refractivity contribution is 8.18. The molecule has 0 radical (unpaired) electrons. The molecule has 2 N–H and O–H groups in total. The van der Waals surface area contributed by atoms with Gasteiger partial charge in [0.25, 0.3) is 5.91 Å². The summed E-state index contributed by atoms with van der Waals surface area (Å²) in [6.07, 6.45) is 5.51. The number of hydrogen-bond donors (Lipinski definition) is 1. The first-order chi connectivity index (χ1) is 7.25. The maximum absolute atomic E-state index is 11.2. The molecule has 0 atom stereocenters. The van der Waals surface area contributed by atoms with Crippen molar-refractivity contribution >= 4 is 40.2 Å². The zero-order chi connectivity index (χ0) is 10.7.